The summed E-state index contributed by atoms with van der Waals surface area (Å²) >= 11 is 0. The number of hydrogen-bond acceptors (Lipinski definition) is 3. The highest BCUT2D eigenvalue weighted by Crippen LogP contribution is 2.23. The van der Waals surface area contributed by atoms with Crippen molar-refractivity contribution in [3.8, 4) is 0 Å². The minimum atomic E-state index is -0.184. The van der Waals surface area contributed by atoms with Crippen molar-refractivity contribution in [1.82, 2.24) is 5.32 Å². The monoisotopic (exact) mass is 240 g/mol. The Kier molecular flexibility index (Phi) is 5.94. The first-order valence-corrected chi connectivity index (χ1v) is 5.91. The average Bonchev–Trinajstić information content (AvgIpc) is 2.30. The molecule has 0 atom stereocenters. The van der Waals surface area contributed by atoms with Crippen LogP contribution in [0.2, 0.25) is 0 Å². The van der Waals surface area contributed by atoms with E-state index in [0.717, 1.165) is 5.56 Å². The van der Waals surface area contributed by atoms with Gasteiger partial charge in [-0.05, 0) is 25.6 Å². The molecule has 1 N–H and O–H groups in total. The molecule has 0 spiro atoms. The lowest BCUT2D eigenvalue weighted by Crippen LogP contribution is -2.25. The third-order valence-electron chi connectivity index (χ3n) is 2.59. The Bertz CT molecular complexity index is 344. The van der Waals surface area contributed by atoms with Gasteiger partial charge >= 0.3 is 0 Å². The molecule has 0 saturated heterocycles. The van der Waals surface area contributed by atoms with Crippen LogP contribution in [-0.2, 0) is 11.3 Å². The van der Waals surface area contributed by atoms with Gasteiger partial charge in [-0.15, -0.1) is 0 Å². The SMILES string of the molecule is CCOCCN(C)c1c(F)cccc1CNC. The molecular formula is C13H21FN2O. The van der Waals surface area contributed by atoms with Gasteiger partial charge in [0.15, 0.2) is 0 Å². The van der Waals surface area contributed by atoms with Crippen molar-refractivity contribution in [3.63, 3.8) is 0 Å². The van der Waals surface area contributed by atoms with Crippen molar-refractivity contribution in [3.05, 3.63) is 29.6 Å². The lowest BCUT2D eigenvalue weighted by Gasteiger charge is -2.23. The molecule has 0 bridgehead atoms. The Morgan fingerprint density at radius 2 is 2.18 bits per heavy atom. The van der Waals surface area contributed by atoms with Crippen molar-refractivity contribution in [2.45, 2.75) is 13.5 Å². The number of nitrogens with zero attached hydrogens (tertiary/aromatic N) is 1. The van der Waals surface area contributed by atoms with E-state index in [1.54, 1.807) is 6.07 Å². The second-order valence-corrected chi connectivity index (χ2v) is 3.90. The van der Waals surface area contributed by atoms with Crippen LogP contribution in [0.5, 0.6) is 0 Å². The number of halogens is 1. The molecule has 3 nitrogen and oxygen atoms in total. The van der Waals surface area contributed by atoms with Crippen LogP contribution in [0.25, 0.3) is 0 Å². The third-order valence-corrected chi connectivity index (χ3v) is 2.59. The van der Waals surface area contributed by atoms with Gasteiger partial charge < -0.3 is 15.0 Å². The number of para-hydroxylation sites is 1. The van der Waals surface area contributed by atoms with Crippen molar-refractivity contribution in [1.29, 1.82) is 0 Å². The number of ether oxygens (including phenoxy) is 1. The zero-order chi connectivity index (χ0) is 12.7. The number of rotatable bonds is 7. The molecule has 0 saturated carbocycles. The standard InChI is InChI=1S/C13H21FN2O/c1-4-17-9-8-16(3)13-11(10-15-2)6-5-7-12(13)14/h5-7,15H,4,8-10H2,1-3H3. The zero-order valence-electron chi connectivity index (χ0n) is 10.8. The molecule has 0 aromatic heterocycles. The summed E-state index contributed by atoms with van der Waals surface area (Å²) < 4.78 is 19.1. The highest BCUT2D eigenvalue weighted by molar-refractivity contribution is 5.54. The molecule has 0 fully saturated rings. The topological polar surface area (TPSA) is 24.5 Å². The molecule has 17 heavy (non-hydrogen) atoms. The number of nitrogens with one attached hydrogen (secondary N) is 1. The van der Waals surface area contributed by atoms with Crippen LogP contribution in [0.3, 0.4) is 0 Å². The van der Waals surface area contributed by atoms with Gasteiger partial charge in [-0.2, -0.15) is 0 Å². The summed E-state index contributed by atoms with van der Waals surface area (Å²) in [5, 5.41) is 3.05. The molecule has 0 aliphatic heterocycles. The van der Waals surface area contributed by atoms with E-state index in [1.165, 1.54) is 6.07 Å². The predicted octanol–water partition coefficient (Wildman–Crippen LogP) is 2.02. The molecule has 96 valence electrons. The van der Waals surface area contributed by atoms with Crippen molar-refractivity contribution in [2.75, 3.05) is 38.8 Å². The largest absolute Gasteiger partial charge is 0.380 e. The average molecular weight is 240 g/mol. The van der Waals surface area contributed by atoms with Crippen molar-refractivity contribution < 1.29 is 9.13 Å². The van der Waals surface area contributed by atoms with Crippen LogP contribution in [0, 0.1) is 5.82 Å². The maximum atomic E-state index is 13.8. The van der Waals surface area contributed by atoms with Crippen LogP contribution in [0.1, 0.15) is 12.5 Å². The van der Waals surface area contributed by atoms with Crippen LogP contribution in [-0.4, -0.2) is 33.9 Å². The van der Waals surface area contributed by atoms with Gasteiger partial charge in [0.25, 0.3) is 0 Å². The molecule has 0 aliphatic carbocycles. The summed E-state index contributed by atoms with van der Waals surface area (Å²) in [5.74, 6) is -0.184. The van der Waals surface area contributed by atoms with Gasteiger partial charge in [-0.25, -0.2) is 4.39 Å². The Balaban J connectivity index is 2.78. The fourth-order valence-corrected chi connectivity index (χ4v) is 1.78. The van der Waals surface area contributed by atoms with Crippen LogP contribution >= 0.6 is 0 Å². The Hall–Kier alpha value is -1.13. The second kappa shape index (κ2) is 7.25. The molecule has 0 heterocycles. The van der Waals surface area contributed by atoms with Gasteiger partial charge in [0.1, 0.15) is 5.82 Å². The lowest BCUT2D eigenvalue weighted by atomic mass is 10.1. The minimum absolute atomic E-state index is 0.184. The van der Waals surface area contributed by atoms with E-state index in [-0.39, 0.29) is 5.82 Å². The minimum Gasteiger partial charge on any atom is -0.380 e. The molecule has 1 rings (SSSR count). The van der Waals surface area contributed by atoms with Crippen molar-refractivity contribution in [2.24, 2.45) is 0 Å². The number of anilines is 1. The fraction of sp³-hybridized carbons (Fsp3) is 0.538. The maximum Gasteiger partial charge on any atom is 0.146 e. The quantitative estimate of drug-likeness (QED) is 0.738. The van der Waals surface area contributed by atoms with Crippen LogP contribution < -0.4 is 10.2 Å². The van der Waals surface area contributed by atoms with Gasteiger partial charge in [0.2, 0.25) is 0 Å². The summed E-state index contributed by atoms with van der Waals surface area (Å²) in [4.78, 5) is 1.90. The molecule has 0 aliphatic rings. The number of likely N-dealkylation sites (N-methyl/N-ethyl adjacent to an activating group) is 1. The summed E-state index contributed by atoms with van der Waals surface area (Å²) in [7, 11) is 3.74. The second-order valence-electron chi connectivity index (χ2n) is 3.90. The first-order chi connectivity index (χ1) is 8.20. The third kappa shape index (κ3) is 3.98. The normalized spacial score (nSPS) is 10.6. The highest BCUT2D eigenvalue weighted by atomic mass is 19.1. The Morgan fingerprint density at radius 3 is 2.82 bits per heavy atom. The van der Waals surface area contributed by atoms with E-state index in [4.69, 9.17) is 4.74 Å². The van der Waals surface area contributed by atoms with E-state index in [0.29, 0.717) is 32.0 Å². The van der Waals surface area contributed by atoms with E-state index in [9.17, 15) is 4.39 Å². The summed E-state index contributed by atoms with van der Waals surface area (Å²) in [6.07, 6.45) is 0. The summed E-state index contributed by atoms with van der Waals surface area (Å²) in [5.41, 5.74) is 1.62. The van der Waals surface area contributed by atoms with Gasteiger partial charge in [-0.3, -0.25) is 0 Å². The molecule has 0 amide bonds. The maximum absolute atomic E-state index is 13.8. The molecule has 0 unspecified atom stereocenters. The molecule has 0 radical (unpaired) electrons. The van der Waals surface area contributed by atoms with E-state index in [1.807, 2.05) is 32.0 Å². The van der Waals surface area contributed by atoms with Gasteiger partial charge in [-0.1, -0.05) is 12.1 Å². The van der Waals surface area contributed by atoms with Crippen LogP contribution in [0.15, 0.2) is 18.2 Å². The Labute approximate surface area is 103 Å². The Morgan fingerprint density at radius 1 is 1.41 bits per heavy atom. The summed E-state index contributed by atoms with van der Waals surface area (Å²) in [6, 6.07) is 5.17. The smallest absolute Gasteiger partial charge is 0.146 e. The number of hydrogen-bond donors (Lipinski definition) is 1. The van der Waals surface area contributed by atoms with E-state index in [2.05, 4.69) is 5.32 Å². The first kappa shape index (κ1) is 13.9. The van der Waals surface area contributed by atoms with E-state index < -0.39 is 0 Å². The van der Waals surface area contributed by atoms with E-state index >= 15 is 0 Å². The predicted molar refractivity (Wildman–Crippen MR) is 68.9 cm³/mol. The lowest BCUT2D eigenvalue weighted by molar-refractivity contribution is 0.154. The van der Waals surface area contributed by atoms with Gasteiger partial charge in [0, 0.05) is 26.7 Å². The number of benzene rings is 1. The fourth-order valence-electron chi connectivity index (χ4n) is 1.78. The van der Waals surface area contributed by atoms with Crippen molar-refractivity contribution >= 4 is 5.69 Å². The van der Waals surface area contributed by atoms with Gasteiger partial charge in [0.05, 0.1) is 12.3 Å². The first-order valence-electron chi connectivity index (χ1n) is 5.91. The molecule has 1 aromatic carbocycles. The highest BCUT2D eigenvalue weighted by Gasteiger charge is 2.12. The summed E-state index contributed by atoms with van der Waals surface area (Å²) in [6.45, 7) is 4.60. The molecule has 4 heteroatoms. The van der Waals surface area contributed by atoms with Crippen LogP contribution in [0.4, 0.5) is 10.1 Å². The molecular weight excluding hydrogens is 219 g/mol. The zero-order valence-corrected chi connectivity index (χ0v) is 10.8. The molecule has 1 aromatic rings.